The molecule has 2 aliphatic heterocycles. The predicted octanol–water partition coefficient (Wildman–Crippen LogP) is 4.01. The van der Waals surface area contributed by atoms with E-state index in [0.717, 1.165) is 11.1 Å². The standard InChI is InChI=1S/C24H19NO3/c1-16(25-22(26)19-14-8-9-15-20(19)23(25)27)21-24(28-21,17-10-4-2-5-11-17)18-12-6-3-7-13-18/h2-16,21H,1H3. The molecule has 3 aromatic carbocycles. The number of nitrogens with zero attached hydrogens (tertiary/aromatic N) is 1. The van der Waals surface area contributed by atoms with E-state index in [1.54, 1.807) is 24.3 Å². The molecule has 3 aromatic rings. The molecule has 0 aromatic heterocycles. The van der Waals surface area contributed by atoms with Crippen molar-refractivity contribution in [2.75, 3.05) is 0 Å². The van der Waals surface area contributed by atoms with Crippen molar-refractivity contribution in [3.05, 3.63) is 107 Å². The van der Waals surface area contributed by atoms with E-state index in [1.165, 1.54) is 4.90 Å². The zero-order valence-corrected chi connectivity index (χ0v) is 15.4. The van der Waals surface area contributed by atoms with Crippen LogP contribution in [0.2, 0.25) is 0 Å². The topological polar surface area (TPSA) is 49.9 Å². The number of benzene rings is 3. The van der Waals surface area contributed by atoms with Crippen LogP contribution in [0.25, 0.3) is 0 Å². The number of hydrogen-bond donors (Lipinski definition) is 0. The molecule has 2 heterocycles. The van der Waals surface area contributed by atoms with Gasteiger partial charge >= 0.3 is 0 Å². The molecule has 138 valence electrons. The Kier molecular flexibility index (Phi) is 3.71. The van der Waals surface area contributed by atoms with Gasteiger partial charge in [-0.05, 0) is 30.2 Å². The first-order valence-electron chi connectivity index (χ1n) is 9.40. The predicted molar refractivity (Wildman–Crippen MR) is 105 cm³/mol. The fourth-order valence-corrected chi connectivity index (χ4v) is 4.32. The van der Waals surface area contributed by atoms with E-state index in [-0.39, 0.29) is 17.9 Å². The van der Waals surface area contributed by atoms with Crippen molar-refractivity contribution in [1.29, 1.82) is 0 Å². The van der Waals surface area contributed by atoms with E-state index >= 15 is 0 Å². The number of amides is 2. The summed E-state index contributed by atoms with van der Waals surface area (Å²) in [7, 11) is 0. The fourth-order valence-electron chi connectivity index (χ4n) is 4.32. The van der Waals surface area contributed by atoms with Crippen LogP contribution in [0, 0.1) is 0 Å². The van der Waals surface area contributed by atoms with Crippen molar-refractivity contribution in [2.45, 2.75) is 24.7 Å². The molecule has 0 radical (unpaired) electrons. The average molecular weight is 369 g/mol. The summed E-state index contributed by atoms with van der Waals surface area (Å²) in [6, 6.07) is 26.5. The van der Waals surface area contributed by atoms with Gasteiger partial charge in [0.25, 0.3) is 11.8 Å². The van der Waals surface area contributed by atoms with Gasteiger partial charge in [0, 0.05) is 0 Å². The Balaban J connectivity index is 1.54. The molecule has 0 saturated carbocycles. The van der Waals surface area contributed by atoms with Crippen LogP contribution in [0.3, 0.4) is 0 Å². The van der Waals surface area contributed by atoms with Crippen molar-refractivity contribution in [3.8, 4) is 0 Å². The lowest BCUT2D eigenvalue weighted by molar-refractivity contribution is 0.0571. The van der Waals surface area contributed by atoms with Gasteiger partial charge in [-0.25, -0.2) is 0 Å². The van der Waals surface area contributed by atoms with Crippen LogP contribution in [0.15, 0.2) is 84.9 Å². The van der Waals surface area contributed by atoms with E-state index in [9.17, 15) is 9.59 Å². The fraction of sp³-hybridized carbons (Fsp3) is 0.167. The van der Waals surface area contributed by atoms with Crippen LogP contribution in [0.1, 0.15) is 38.8 Å². The second-order valence-corrected chi connectivity index (χ2v) is 7.27. The van der Waals surface area contributed by atoms with Crippen molar-refractivity contribution in [2.24, 2.45) is 0 Å². The molecule has 1 fully saturated rings. The number of hydrogen-bond acceptors (Lipinski definition) is 3. The minimum Gasteiger partial charge on any atom is -0.354 e. The summed E-state index contributed by atoms with van der Waals surface area (Å²) in [4.78, 5) is 27.2. The van der Waals surface area contributed by atoms with Gasteiger partial charge in [0.1, 0.15) is 11.7 Å². The maximum Gasteiger partial charge on any atom is 0.261 e. The number of epoxide rings is 1. The Labute approximate surface area is 163 Å². The second kappa shape index (κ2) is 6.14. The van der Waals surface area contributed by atoms with Gasteiger partial charge in [0.2, 0.25) is 0 Å². The van der Waals surface area contributed by atoms with Gasteiger partial charge in [-0.1, -0.05) is 72.8 Å². The quantitative estimate of drug-likeness (QED) is 0.516. The van der Waals surface area contributed by atoms with E-state index in [4.69, 9.17) is 4.74 Å². The number of carbonyl (C=O) groups is 2. The van der Waals surface area contributed by atoms with E-state index < -0.39 is 11.6 Å². The molecule has 0 spiro atoms. The lowest BCUT2D eigenvalue weighted by atomic mass is 9.85. The van der Waals surface area contributed by atoms with Gasteiger partial charge in [-0.15, -0.1) is 0 Å². The summed E-state index contributed by atoms with van der Waals surface area (Å²) < 4.78 is 6.30. The van der Waals surface area contributed by atoms with Gasteiger partial charge in [-0.3, -0.25) is 14.5 Å². The molecular formula is C24H19NO3. The summed E-state index contributed by atoms with van der Waals surface area (Å²) in [6.07, 6.45) is -0.306. The number of ether oxygens (including phenoxy) is 1. The van der Waals surface area contributed by atoms with Crippen LogP contribution >= 0.6 is 0 Å². The average Bonchev–Trinajstić information content (AvgIpc) is 3.46. The molecule has 1 saturated heterocycles. The lowest BCUT2D eigenvalue weighted by Crippen LogP contribution is -2.43. The summed E-state index contributed by atoms with van der Waals surface area (Å²) in [5, 5.41) is 0. The molecule has 2 amide bonds. The Hall–Kier alpha value is -3.24. The first-order valence-corrected chi connectivity index (χ1v) is 9.40. The monoisotopic (exact) mass is 369 g/mol. The zero-order chi connectivity index (χ0) is 19.3. The molecule has 0 bridgehead atoms. The number of imide groups is 1. The minimum absolute atomic E-state index is 0.251. The summed E-state index contributed by atoms with van der Waals surface area (Å²) in [5.41, 5.74) is 2.32. The lowest BCUT2D eigenvalue weighted by Gasteiger charge is -2.23. The molecule has 28 heavy (non-hydrogen) atoms. The molecule has 4 nitrogen and oxygen atoms in total. The van der Waals surface area contributed by atoms with Gasteiger partial charge < -0.3 is 4.74 Å². The molecule has 2 atom stereocenters. The highest BCUT2D eigenvalue weighted by Crippen LogP contribution is 2.54. The van der Waals surface area contributed by atoms with E-state index in [1.807, 2.05) is 67.6 Å². The summed E-state index contributed by atoms with van der Waals surface area (Å²) in [5.74, 6) is -0.503. The Morgan fingerprint density at radius 2 is 1.18 bits per heavy atom. The third-order valence-electron chi connectivity index (χ3n) is 5.73. The van der Waals surface area contributed by atoms with E-state index in [0.29, 0.717) is 11.1 Å². The molecular weight excluding hydrogens is 350 g/mol. The normalized spacial score (nSPS) is 20.8. The maximum atomic E-state index is 12.9. The SMILES string of the molecule is CC(C1OC1(c1ccccc1)c1ccccc1)N1C(=O)c2ccccc2C1=O. The molecule has 0 aliphatic carbocycles. The second-order valence-electron chi connectivity index (χ2n) is 7.27. The van der Waals surface area contributed by atoms with Crippen molar-refractivity contribution < 1.29 is 14.3 Å². The van der Waals surface area contributed by atoms with Gasteiger partial charge in [-0.2, -0.15) is 0 Å². The highest BCUT2D eigenvalue weighted by molar-refractivity contribution is 6.21. The molecule has 4 heteroatoms. The van der Waals surface area contributed by atoms with Crippen LogP contribution in [-0.4, -0.2) is 28.9 Å². The largest absolute Gasteiger partial charge is 0.354 e. The highest BCUT2D eigenvalue weighted by atomic mass is 16.6. The van der Waals surface area contributed by atoms with Crippen LogP contribution in [-0.2, 0) is 10.3 Å². The zero-order valence-electron chi connectivity index (χ0n) is 15.4. The highest BCUT2D eigenvalue weighted by Gasteiger charge is 2.63. The van der Waals surface area contributed by atoms with Gasteiger partial charge in [0.05, 0.1) is 17.2 Å². The minimum atomic E-state index is -0.655. The molecule has 2 aliphatic rings. The summed E-state index contributed by atoms with van der Waals surface area (Å²) >= 11 is 0. The smallest absolute Gasteiger partial charge is 0.261 e. The maximum absolute atomic E-state index is 12.9. The molecule has 2 unspecified atom stereocenters. The third kappa shape index (κ3) is 2.28. The number of carbonyl (C=O) groups excluding carboxylic acids is 2. The number of rotatable bonds is 4. The van der Waals surface area contributed by atoms with Crippen molar-refractivity contribution >= 4 is 11.8 Å². The first kappa shape index (κ1) is 16.9. The third-order valence-corrected chi connectivity index (χ3v) is 5.73. The van der Waals surface area contributed by atoms with Crippen LogP contribution < -0.4 is 0 Å². The Morgan fingerprint density at radius 1 is 0.750 bits per heavy atom. The van der Waals surface area contributed by atoms with Crippen LogP contribution in [0.5, 0.6) is 0 Å². The molecule has 0 N–H and O–H groups in total. The number of fused-ring (bicyclic) bond motifs is 1. The van der Waals surface area contributed by atoms with Crippen molar-refractivity contribution in [1.82, 2.24) is 4.90 Å². The van der Waals surface area contributed by atoms with Gasteiger partial charge in [0.15, 0.2) is 0 Å². The Morgan fingerprint density at radius 3 is 1.64 bits per heavy atom. The Bertz CT molecular complexity index is 987. The van der Waals surface area contributed by atoms with E-state index in [2.05, 4.69) is 0 Å². The summed E-state index contributed by atoms with van der Waals surface area (Å²) in [6.45, 7) is 1.89. The van der Waals surface area contributed by atoms with Crippen LogP contribution in [0.4, 0.5) is 0 Å². The molecule has 5 rings (SSSR count). The van der Waals surface area contributed by atoms with Crippen molar-refractivity contribution in [3.63, 3.8) is 0 Å². The first-order chi connectivity index (χ1) is 13.6.